The summed E-state index contributed by atoms with van der Waals surface area (Å²) in [6.07, 6.45) is 0.159. The summed E-state index contributed by atoms with van der Waals surface area (Å²) in [5.41, 5.74) is 3.69. The molecule has 0 saturated heterocycles. The van der Waals surface area contributed by atoms with Gasteiger partial charge in [-0.25, -0.2) is 5.01 Å². The second-order valence-corrected chi connectivity index (χ2v) is 7.24. The van der Waals surface area contributed by atoms with E-state index >= 15 is 0 Å². The summed E-state index contributed by atoms with van der Waals surface area (Å²) in [5.74, 6) is 1.55. The Kier molecular flexibility index (Phi) is 4.35. The molecule has 3 aromatic carbocycles. The summed E-state index contributed by atoms with van der Waals surface area (Å²) in [6.45, 7) is 0. The molecular weight excluding hydrogens is 382 g/mol. The first kappa shape index (κ1) is 18.2. The lowest BCUT2D eigenvalue weighted by atomic mass is 9.96. The molecule has 0 aliphatic carbocycles. The van der Waals surface area contributed by atoms with Crippen molar-refractivity contribution in [2.75, 3.05) is 7.11 Å². The summed E-state index contributed by atoms with van der Waals surface area (Å²) < 4.78 is 11.6. The highest BCUT2D eigenvalue weighted by atomic mass is 16.6. The quantitative estimate of drug-likeness (QED) is 0.462. The molecule has 2 heterocycles. The van der Waals surface area contributed by atoms with Gasteiger partial charge in [0.25, 0.3) is 5.69 Å². The van der Waals surface area contributed by atoms with Gasteiger partial charge in [-0.15, -0.1) is 0 Å². The number of nitrogens with zero attached hydrogens (tertiary/aromatic N) is 3. The first-order chi connectivity index (χ1) is 14.6. The Bertz CT molecular complexity index is 1160. The molecule has 7 nitrogen and oxygen atoms in total. The van der Waals surface area contributed by atoms with Gasteiger partial charge in [-0.2, -0.15) is 5.10 Å². The summed E-state index contributed by atoms with van der Waals surface area (Å²) in [7, 11) is 1.64. The van der Waals surface area contributed by atoms with Crippen molar-refractivity contribution in [1.29, 1.82) is 0 Å². The van der Waals surface area contributed by atoms with Crippen LogP contribution in [0.5, 0.6) is 11.5 Å². The Hall–Kier alpha value is -3.87. The van der Waals surface area contributed by atoms with Crippen LogP contribution in [0.1, 0.15) is 35.4 Å². The molecule has 2 aliphatic rings. The molecule has 0 amide bonds. The molecule has 0 aromatic heterocycles. The van der Waals surface area contributed by atoms with E-state index in [1.165, 1.54) is 6.07 Å². The average molecular weight is 401 g/mol. The van der Waals surface area contributed by atoms with Gasteiger partial charge >= 0.3 is 0 Å². The first-order valence-corrected chi connectivity index (χ1v) is 9.64. The molecule has 0 spiro atoms. The zero-order valence-corrected chi connectivity index (χ0v) is 16.3. The molecule has 0 radical (unpaired) electrons. The zero-order chi connectivity index (χ0) is 20.7. The van der Waals surface area contributed by atoms with Crippen molar-refractivity contribution < 1.29 is 14.4 Å². The second-order valence-electron chi connectivity index (χ2n) is 7.24. The smallest absolute Gasteiger partial charge is 0.269 e. The van der Waals surface area contributed by atoms with Crippen LogP contribution in [0.4, 0.5) is 5.69 Å². The topological polar surface area (TPSA) is 77.2 Å². The van der Waals surface area contributed by atoms with Crippen molar-refractivity contribution in [1.82, 2.24) is 5.01 Å². The summed E-state index contributed by atoms with van der Waals surface area (Å²) in [5, 5.41) is 18.1. The third kappa shape index (κ3) is 3.04. The van der Waals surface area contributed by atoms with Gasteiger partial charge < -0.3 is 9.47 Å². The zero-order valence-electron chi connectivity index (χ0n) is 16.3. The molecule has 0 saturated carbocycles. The maximum atomic E-state index is 11.3. The number of benzene rings is 3. The number of hydrazone groups is 1. The molecule has 2 atom stereocenters. The van der Waals surface area contributed by atoms with Crippen LogP contribution in [0, 0.1) is 10.1 Å². The van der Waals surface area contributed by atoms with Gasteiger partial charge in [0.2, 0.25) is 6.23 Å². The van der Waals surface area contributed by atoms with Crippen molar-refractivity contribution >= 4 is 11.4 Å². The number of methoxy groups -OCH3 is 1. The number of rotatable bonds is 4. The highest BCUT2D eigenvalue weighted by Crippen LogP contribution is 2.47. The Morgan fingerprint density at radius 3 is 2.77 bits per heavy atom. The van der Waals surface area contributed by atoms with Gasteiger partial charge in [0.1, 0.15) is 11.5 Å². The summed E-state index contributed by atoms with van der Waals surface area (Å²) in [6, 6.07) is 22.2. The molecule has 5 rings (SSSR count). The molecule has 0 unspecified atom stereocenters. The van der Waals surface area contributed by atoms with Gasteiger partial charge in [-0.05, 0) is 18.2 Å². The Morgan fingerprint density at radius 2 is 1.93 bits per heavy atom. The summed E-state index contributed by atoms with van der Waals surface area (Å²) >= 11 is 0. The fourth-order valence-corrected chi connectivity index (χ4v) is 4.02. The van der Waals surface area contributed by atoms with Gasteiger partial charge in [-0.3, -0.25) is 10.1 Å². The molecule has 0 N–H and O–H groups in total. The lowest BCUT2D eigenvalue weighted by Gasteiger charge is -2.38. The monoisotopic (exact) mass is 401 g/mol. The SMILES string of the molecule is COc1cccc(C2=NN3[C@H](C2)c2ccccc2O[C@H]3c2cccc([N+](=O)[O-])c2)c1. The lowest BCUT2D eigenvalue weighted by Crippen LogP contribution is -2.33. The normalized spacial score (nSPS) is 19.4. The first-order valence-electron chi connectivity index (χ1n) is 9.64. The molecule has 2 aliphatic heterocycles. The van der Waals surface area contributed by atoms with Crippen LogP contribution in [0.2, 0.25) is 0 Å². The van der Waals surface area contributed by atoms with Gasteiger partial charge in [-0.1, -0.05) is 42.5 Å². The lowest BCUT2D eigenvalue weighted by molar-refractivity contribution is -0.385. The minimum Gasteiger partial charge on any atom is -0.497 e. The van der Waals surface area contributed by atoms with Crippen LogP contribution in [0.15, 0.2) is 77.9 Å². The molecule has 3 aromatic rings. The Balaban J connectivity index is 1.59. The second kappa shape index (κ2) is 7.18. The maximum absolute atomic E-state index is 11.3. The molecule has 150 valence electrons. The molecule has 0 bridgehead atoms. The van der Waals surface area contributed by atoms with Crippen molar-refractivity contribution in [3.63, 3.8) is 0 Å². The number of nitro groups is 1. The van der Waals surface area contributed by atoms with E-state index < -0.39 is 11.2 Å². The number of ether oxygens (including phenoxy) is 2. The molecule has 0 fully saturated rings. The van der Waals surface area contributed by atoms with Crippen molar-refractivity contribution in [3.8, 4) is 11.5 Å². The number of fused-ring (bicyclic) bond motifs is 3. The van der Waals surface area contributed by atoms with E-state index in [0.29, 0.717) is 12.0 Å². The predicted octanol–water partition coefficient (Wildman–Crippen LogP) is 4.85. The fraction of sp³-hybridized carbons (Fsp3) is 0.174. The summed E-state index contributed by atoms with van der Waals surface area (Å²) in [4.78, 5) is 10.9. The molecule has 30 heavy (non-hydrogen) atoms. The maximum Gasteiger partial charge on any atom is 0.269 e. The standard InChI is InChI=1S/C23H19N3O4/c1-29-18-9-5-6-15(13-18)20-14-21-19-10-2-3-11-22(19)30-23(25(21)24-20)16-7-4-8-17(12-16)26(27)28/h2-13,21,23H,14H2,1H3/t21-,23+/m1/s1. The number of nitro benzene ring substituents is 1. The van der Waals surface area contributed by atoms with E-state index in [-0.39, 0.29) is 11.7 Å². The minimum atomic E-state index is -0.548. The largest absolute Gasteiger partial charge is 0.497 e. The van der Waals surface area contributed by atoms with E-state index in [4.69, 9.17) is 14.6 Å². The fourth-order valence-electron chi connectivity index (χ4n) is 4.02. The van der Waals surface area contributed by atoms with Crippen LogP contribution >= 0.6 is 0 Å². The molecular formula is C23H19N3O4. The Morgan fingerprint density at radius 1 is 1.10 bits per heavy atom. The van der Waals surface area contributed by atoms with Gasteiger partial charge in [0, 0.05) is 35.2 Å². The van der Waals surface area contributed by atoms with Gasteiger partial charge in [0.15, 0.2) is 0 Å². The van der Waals surface area contributed by atoms with Crippen molar-refractivity contribution in [2.45, 2.75) is 18.7 Å². The number of hydrogen-bond acceptors (Lipinski definition) is 6. The van der Waals surface area contributed by atoms with E-state index in [0.717, 1.165) is 28.3 Å². The van der Waals surface area contributed by atoms with Crippen LogP contribution in [0.25, 0.3) is 0 Å². The Labute approximate surface area is 173 Å². The number of para-hydroxylation sites is 1. The van der Waals surface area contributed by atoms with E-state index in [1.807, 2.05) is 59.6 Å². The van der Waals surface area contributed by atoms with Crippen LogP contribution < -0.4 is 9.47 Å². The third-order valence-electron chi connectivity index (χ3n) is 5.47. The third-order valence-corrected chi connectivity index (χ3v) is 5.47. The number of hydrogen-bond donors (Lipinski definition) is 0. The highest BCUT2D eigenvalue weighted by molar-refractivity contribution is 6.02. The van der Waals surface area contributed by atoms with Crippen molar-refractivity contribution in [2.24, 2.45) is 5.10 Å². The van der Waals surface area contributed by atoms with E-state index in [1.54, 1.807) is 19.2 Å². The van der Waals surface area contributed by atoms with Crippen LogP contribution in [-0.2, 0) is 0 Å². The highest BCUT2D eigenvalue weighted by Gasteiger charge is 2.41. The van der Waals surface area contributed by atoms with Crippen LogP contribution in [-0.4, -0.2) is 22.8 Å². The van der Waals surface area contributed by atoms with Crippen LogP contribution in [0.3, 0.4) is 0 Å². The number of non-ortho nitro benzene ring substituents is 1. The van der Waals surface area contributed by atoms with Gasteiger partial charge in [0.05, 0.1) is 23.8 Å². The van der Waals surface area contributed by atoms with E-state index in [9.17, 15) is 10.1 Å². The average Bonchev–Trinajstić information content (AvgIpc) is 3.24. The predicted molar refractivity (Wildman–Crippen MR) is 112 cm³/mol. The molecule has 7 heteroatoms. The minimum absolute atomic E-state index is 0.0135. The van der Waals surface area contributed by atoms with E-state index in [2.05, 4.69) is 0 Å². The van der Waals surface area contributed by atoms with Crippen molar-refractivity contribution in [3.05, 3.63) is 99.6 Å².